The first-order valence-electron chi connectivity index (χ1n) is 4.30. The van der Waals surface area contributed by atoms with Crippen LogP contribution in [0, 0.1) is 0 Å². The molecule has 0 aliphatic rings. The largest absolute Gasteiger partial charge is 0.500 e. The molecule has 0 amide bonds. The summed E-state index contributed by atoms with van der Waals surface area (Å²) in [6.07, 6.45) is 5.61. The van der Waals surface area contributed by atoms with E-state index in [0.717, 1.165) is 12.5 Å². The van der Waals surface area contributed by atoms with Crippen LogP contribution in [0.25, 0.3) is 0 Å². The van der Waals surface area contributed by atoms with Crippen molar-refractivity contribution in [3.63, 3.8) is 0 Å². The third-order valence-electron chi connectivity index (χ3n) is 1.97. The maximum Gasteiger partial charge on any atom is 0.500 e. The molecule has 0 fully saturated rings. The van der Waals surface area contributed by atoms with Crippen molar-refractivity contribution < 1.29 is 13.3 Å². The van der Waals surface area contributed by atoms with Gasteiger partial charge in [0.25, 0.3) is 0 Å². The van der Waals surface area contributed by atoms with Gasteiger partial charge in [0.05, 0.1) is 12.5 Å². The van der Waals surface area contributed by atoms with Gasteiger partial charge in [-0.15, -0.1) is 0 Å². The van der Waals surface area contributed by atoms with Gasteiger partial charge in [-0.2, -0.15) is 0 Å². The zero-order chi connectivity index (χ0) is 10.3. The van der Waals surface area contributed by atoms with E-state index in [1.807, 2.05) is 0 Å². The van der Waals surface area contributed by atoms with E-state index in [-0.39, 0.29) is 0 Å². The fourth-order valence-corrected chi connectivity index (χ4v) is 3.83. The topological polar surface area (TPSA) is 27.7 Å². The van der Waals surface area contributed by atoms with Crippen LogP contribution in [-0.4, -0.2) is 48.4 Å². The lowest BCUT2D eigenvalue weighted by Crippen LogP contribution is -2.42. The Kier molecular flexibility index (Phi) is 7.07. The molecule has 0 aliphatic carbocycles. The Labute approximate surface area is 85.5 Å². The van der Waals surface area contributed by atoms with E-state index in [0.29, 0.717) is 10.9 Å². The van der Waals surface area contributed by atoms with E-state index in [2.05, 4.69) is 12.5 Å². The Balaban J connectivity index is 3.81. The van der Waals surface area contributed by atoms with Crippen LogP contribution >= 0.6 is 0 Å². The number of hydrogen-bond donors (Lipinski definition) is 0. The van der Waals surface area contributed by atoms with Crippen molar-refractivity contribution in [2.24, 2.45) is 0 Å². The van der Waals surface area contributed by atoms with Crippen LogP contribution in [0.2, 0.25) is 6.04 Å². The average molecular weight is 225 g/mol. The van der Waals surface area contributed by atoms with Crippen LogP contribution in [0.15, 0.2) is 0 Å². The molecule has 0 unspecified atom stereocenters. The molecule has 0 aromatic heterocycles. The summed E-state index contributed by atoms with van der Waals surface area (Å²) in [6, 6.07) is 0.918. The summed E-state index contributed by atoms with van der Waals surface area (Å²) in [6.45, 7) is 0. The molecule has 80 valence electrons. The van der Waals surface area contributed by atoms with Crippen molar-refractivity contribution in [3.8, 4) is 0 Å². The minimum atomic E-state index is -2.28. The summed E-state index contributed by atoms with van der Waals surface area (Å²) in [4.78, 5) is 0. The van der Waals surface area contributed by atoms with Crippen molar-refractivity contribution in [1.82, 2.24) is 0 Å². The van der Waals surface area contributed by atoms with Gasteiger partial charge in [0.2, 0.25) is 0 Å². The second kappa shape index (κ2) is 6.84. The molecule has 0 atom stereocenters. The quantitative estimate of drug-likeness (QED) is 0.480. The monoisotopic (exact) mass is 225 g/mol. The van der Waals surface area contributed by atoms with Gasteiger partial charge in [0.15, 0.2) is 0 Å². The molecule has 13 heavy (non-hydrogen) atoms. The fraction of sp³-hybridized carbons (Fsp3) is 1.00. The van der Waals surface area contributed by atoms with Crippen molar-refractivity contribution in [2.75, 3.05) is 39.6 Å². The first-order valence-corrected chi connectivity index (χ1v) is 8.44. The maximum absolute atomic E-state index is 5.32. The van der Waals surface area contributed by atoms with Gasteiger partial charge < -0.3 is 13.3 Å². The average Bonchev–Trinajstić information content (AvgIpc) is 2.13. The number of rotatable bonds is 7. The molecule has 0 spiro atoms. The third kappa shape index (κ3) is 5.02. The first-order chi connectivity index (χ1) is 6.10. The highest BCUT2D eigenvalue weighted by Gasteiger charge is 2.37. The summed E-state index contributed by atoms with van der Waals surface area (Å²) in [7, 11) is 3.21. The van der Waals surface area contributed by atoms with Crippen molar-refractivity contribution >= 4 is 19.7 Å². The predicted molar refractivity (Wildman–Crippen MR) is 60.3 cm³/mol. The predicted octanol–water partition coefficient (Wildman–Crippen LogP) is 1.13. The summed E-state index contributed by atoms with van der Waals surface area (Å²) in [5.41, 5.74) is 0. The Bertz CT molecular complexity index is 120. The fourth-order valence-electron chi connectivity index (χ4n) is 1.13. The van der Waals surface area contributed by atoms with Gasteiger partial charge in [0.1, 0.15) is 5.75 Å². The molecule has 0 heterocycles. The number of hydrogen-bond acceptors (Lipinski definition) is 3. The minimum Gasteiger partial charge on any atom is -0.377 e. The Morgan fingerprint density at radius 3 is 1.77 bits per heavy atom. The Morgan fingerprint density at radius 2 is 1.46 bits per heavy atom. The zero-order valence-electron chi connectivity index (χ0n) is 9.25. The summed E-state index contributed by atoms with van der Waals surface area (Å²) in [5.74, 6) is 1.23. The highest BCUT2D eigenvalue weighted by Crippen LogP contribution is 2.15. The van der Waals surface area contributed by atoms with E-state index in [1.165, 1.54) is 5.75 Å². The summed E-state index contributed by atoms with van der Waals surface area (Å²) in [5, 5.41) is 0. The van der Waals surface area contributed by atoms with Crippen molar-refractivity contribution in [2.45, 2.75) is 12.5 Å². The standard InChI is InChI=1S/C8H21O3SSi/c1-9-13(10-2,11-3)8-6-7-12(4)5/h6-8H2,1-5H3/q+1. The lowest BCUT2D eigenvalue weighted by atomic mass is 10.6. The SMILES string of the molecule is CO[Si](CCC[S+](C)C)(OC)OC. The molecule has 5 heteroatoms. The van der Waals surface area contributed by atoms with Gasteiger partial charge in [-0.1, -0.05) is 0 Å². The Hall–Kier alpha value is 0.447. The van der Waals surface area contributed by atoms with Gasteiger partial charge in [-0.05, 0) is 17.3 Å². The van der Waals surface area contributed by atoms with Gasteiger partial charge >= 0.3 is 8.80 Å². The molecular weight excluding hydrogens is 204 g/mol. The van der Waals surface area contributed by atoms with Crippen molar-refractivity contribution in [1.29, 1.82) is 0 Å². The van der Waals surface area contributed by atoms with Crippen LogP contribution in [0.5, 0.6) is 0 Å². The minimum absolute atomic E-state index is 0.499. The van der Waals surface area contributed by atoms with E-state index >= 15 is 0 Å². The second-order valence-corrected chi connectivity index (χ2v) is 8.56. The van der Waals surface area contributed by atoms with E-state index in [9.17, 15) is 0 Å². The van der Waals surface area contributed by atoms with Crippen LogP contribution in [0.1, 0.15) is 6.42 Å². The molecule has 0 N–H and O–H groups in total. The van der Waals surface area contributed by atoms with Crippen LogP contribution in [0.3, 0.4) is 0 Å². The first kappa shape index (κ1) is 13.4. The highest BCUT2D eigenvalue weighted by atomic mass is 32.2. The molecule has 0 radical (unpaired) electrons. The van der Waals surface area contributed by atoms with Crippen molar-refractivity contribution in [3.05, 3.63) is 0 Å². The lowest BCUT2D eigenvalue weighted by molar-refractivity contribution is 0.123. The molecule has 0 saturated heterocycles. The van der Waals surface area contributed by atoms with E-state index in [4.69, 9.17) is 13.3 Å². The zero-order valence-corrected chi connectivity index (χ0v) is 11.1. The third-order valence-corrected chi connectivity index (χ3v) is 5.91. The molecule has 0 aromatic carbocycles. The normalized spacial score (nSPS) is 12.5. The van der Waals surface area contributed by atoms with Gasteiger partial charge in [-0.3, -0.25) is 0 Å². The molecule has 0 rings (SSSR count). The highest BCUT2D eigenvalue weighted by molar-refractivity contribution is 7.95. The van der Waals surface area contributed by atoms with Gasteiger partial charge in [0, 0.05) is 27.4 Å². The molecular formula is C8H21O3SSi+. The molecule has 3 nitrogen and oxygen atoms in total. The summed E-state index contributed by atoms with van der Waals surface area (Å²) >= 11 is 0. The van der Waals surface area contributed by atoms with Crippen LogP contribution in [-0.2, 0) is 24.2 Å². The second-order valence-electron chi connectivity index (χ2n) is 3.09. The maximum atomic E-state index is 5.32. The smallest absolute Gasteiger partial charge is 0.377 e. The lowest BCUT2D eigenvalue weighted by Gasteiger charge is -2.23. The molecule has 0 aromatic rings. The van der Waals surface area contributed by atoms with Crippen LogP contribution in [0.4, 0.5) is 0 Å². The van der Waals surface area contributed by atoms with Crippen LogP contribution < -0.4 is 0 Å². The molecule has 0 bridgehead atoms. The van der Waals surface area contributed by atoms with E-state index < -0.39 is 8.80 Å². The van der Waals surface area contributed by atoms with E-state index in [1.54, 1.807) is 21.3 Å². The summed E-state index contributed by atoms with van der Waals surface area (Å²) < 4.78 is 15.9. The molecule has 0 aliphatic heterocycles. The molecule has 0 saturated carbocycles. The Morgan fingerprint density at radius 1 is 1.00 bits per heavy atom. The van der Waals surface area contributed by atoms with Gasteiger partial charge in [-0.25, -0.2) is 0 Å².